The van der Waals surface area contributed by atoms with Crippen molar-refractivity contribution >= 4 is 17.7 Å². The van der Waals surface area contributed by atoms with Gasteiger partial charge in [-0.15, -0.1) is 0 Å². The zero-order valence-electron chi connectivity index (χ0n) is 8.16. The van der Waals surface area contributed by atoms with E-state index in [-0.39, 0.29) is 17.3 Å². The SMILES string of the molecule is CC(=O)Nc1c(C(=O)O)c(C)nn1C. The van der Waals surface area contributed by atoms with Crippen LogP contribution in [0.3, 0.4) is 0 Å². The summed E-state index contributed by atoms with van der Waals surface area (Å²) in [6.45, 7) is 2.89. The maximum atomic E-state index is 10.8. The zero-order valence-corrected chi connectivity index (χ0v) is 8.16. The van der Waals surface area contributed by atoms with E-state index in [4.69, 9.17) is 5.11 Å². The molecule has 14 heavy (non-hydrogen) atoms. The third-order valence-electron chi connectivity index (χ3n) is 1.73. The average molecular weight is 197 g/mol. The van der Waals surface area contributed by atoms with Gasteiger partial charge < -0.3 is 10.4 Å². The average Bonchev–Trinajstić information content (AvgIpc) is 2.25. The van der Waals surface area contributed by atoms with Crippen molar-refractivity contribution in [3.63, 3.8) is 0 Å². The number of carboxylic acids is 1. The third-order valence-corrected chi connectivity index (χ3v) is 1.73. The molecule has 1 amide bonds. The standard InChI is InChI=1S/C8H11N3O3/c1-4-6(8(13)14)7(9-5(2)12)11(3)10-4/h1-3H3,(H,9,12)(H,13,14). The van der Waals surface area contributed by atoms with Gasteiger partial charge in [-0.1, -0.05) is 0 Å². The summed E-state index contributed by atoms with van der Waals surface area (Å²) in [6, 6.07) is 0. The summed E-state index contributed by atoms with van der Waals surface area (Å²) < 4.78 is 1.33. The highest BCUT2D eigenvalue weighted by Gasteiger charge is 2.19. The van der Waals surface area contributed by atoms with Gasteiger partial charge in [-0.25, -0.2) is 4.79 Å². The van der Waals surface area contributed by atoms with Crippen LogP contribution in [0.1, 0.15) is 23.0 Å². The first-order valence-corrected chi connectivity index (χ1v) is 3.98. The van der Waals surface area contributed by atoms with E-state index in [9.17, 15) is 9.59 Å². The van der Waals surface area contributed by atoms with E-state index in [1.807, 2.05) is 0 Å². The quantitative estimate of drug-likeness (QED) is 0.718. The molecule has 0 radical (unpaired) electrons. The van der Waals surface area contributed by atoms with Crippen LogP contribution >= 0.6 is 0 Å². The molecule has 6 heteroatoms. The Balaban J connectivity index is 3.24. The van der Waals surface area contributed by atoms with Crippen LogP contribution in [0.2, 0.25) is 0 Å². The molecular formula is C8H11N3O3. The van der Waals surface area contributed by atoms with Gasteiger partial charge in [0.2, 0.25) is 5.91 Å². The van der Waals surface area contributed by atoms with E-state index >= 15 is 0 Å². The monoisotopic (exact) mass is 197 g/mol. The molecule has 0 fully saturated rings. The van der Waals surface area contributed by atoms with Crippen LogP contribution in [0.15, 0.2) is 0 Å². The number of carbonyl (C=O) groups is 2. The maximum absolute atomic E-state index is 10.8. The molecule has 76 valence electrons. The van der Waals surface area contributed by atoms with Crippen molar-refractivity contribution in [2.45, 2.75) is 13.8 Å². The molecule has 0 atom stereocenters. The number of rotatable bonds is 2. The number of nitrogens with one attached hydrogen (secondary N) is 1. The molecule has 0 aliphatic heterocycles. The van der Waals surface area contributed by atoms with Gasteiger partial charge >= 0.3 is 5.97 Å². The fourth-order valence-corrected chi connectivity index (χ4v) is 1.22. The molecule has 0 unspecified atom stereocenters. The second-order valence-electron chi connectivity index (χ2n) is 2.92. The molecule has 0 saturated carbocycles. The van der Waals surface area contributed by atoms with Gasteiger partial charge in [0.15, 0.2) is 0 Å². The van der Waals surface area contributed by atoms with Crippen molar-refractivity contribution < 1.29 is 14.7 Å². The number of hydrogen-bond acceptors (Lipinski definition) is 3. The van der Waals surface area contributed by atoms with E-state index in [0.717, 1.165) is 0 Å². The number of anilines is 1. The number of hydrogen-bond donors (Lipinski definition) is 2. The van der Waals surface area contributed by atoms with Gasteiger partial charge in [0, 0.05) is 14.0 Å². The first-order chi connectivity index (χ1) is 6.43. The van der Waals surface area contributed by atoms with E-state index in [1.54, 1.807) is 14.0 Å². The van der Waals surface area contributed by atoms with Crippen molar-refractivity contribution in [3.05, 3.63) is 11.3 Å². The minimum atomic E-state index is -1.10. The van der Waals surface area contributed by atoms with Gasteiger partial charge in [0.05, 0.1) is 5.69 Å². The molecule has 6 nitrogen and oxygen atoms in total. The molecule has 1 aromatic rings. The molecule has 0 saturated heterocycles. The number of aromatic carboxylic acids is 1. The van der Waals surface area contributed by atoms with Gasteiger partial charge in [-0.3, -0.25) is 9.48 Å². The number of aromatic nitrogens is 2. The van der Waals surface area contributed by atoms with Crippen LogP contribution in [0.25, 0.3) is 0 Å². The Morgan fingerprint density at radius 1 is 1.50 bits per heavy atom. The summed E-state index contributed by atoms with van der Waals surface area (Å²) in [5.41, 5.74) is 0.409. The van der Waals surface area contributed by atoms with Gasteiger partial charge in [-0.2, -0.15) is 5.10 Å². The van der Waals surface area contributed by atoms with Crippen LogP contribution < -0.4 is 5.32 Å². The second-order valence-corrected chi connectivity index (χ2v) is 2.92. The first-order valence-electron chi connectivity index (χ1n) is 3.98. The highest BCUT2D eigenvalue weighted by molar-refractivity contribution is 5.99. The van der Waals surface area contributed by atoms with E-state index in [2.05, 4.69) is 10.4 Å². The zero-order chi connectivity index (χ0) is 10.9. The lowest BCUT2D eigenvalue weighted by molar-refractivity contribution is -0.114. The number of aryl methyl sites for hydroxylation is 2. The van der Waals surface area contributed by atoms with Crippen LogP contribution in [-0.4, -0.2) is 26.8 Å². The summed E-state index contributed by atoms with van der Waals surface area (Å²) in [7, 11) is 1.57. The summed E-state index contributed by atoms with van der Waals surface area (Å²) in [5.74, 6) is -1.21. The number of amides is 1. The lowest BCUT2D eigenvalue weighted by atomic mass is 10.2. The summed E-state index contributed by atoms with van der Waals surface area (Å²) >= 11 is 0. The molecule has 0 aromatic carbocycles. The molecule has 1 rings (SSSR count). The van der Waals surface area contributed by atoms with Crippen molar-refractivity contribution in [2.24, 2.45) is 7.05 Å². The normalized spacial score (nSPS) is 9.93. The van der Waals surface area contributed by atoms with E-state index < -0.39 is 5.97 Å². The Morgan fingerprint density at radius 2 is 2.07 bits per heavy atom. The molecule has 2 N–H and O–H groups in total. The van der Waals surface area contributed by atoms with E-state index in [1.165, 1.54) is 11.6 Å². The van der Waals surface area contributed by atoms with Crippen molar-refractivity contribution in [3.8, 4) is 0 Å². The lowest BCUT2D eigenvalue weighted by Crippen LogP contribution is -2.13. The smallest absolute Gasteiger partial charge is 0.341 e. The molecule has 0 aliphatic carbocycles. The predicted octanol–water partition coefficient (Wildman–Crippen LogP) is 0.385. The number of carbonyl (C=O) groups excluding carboxylic acids is 1. The maximum Gasteiger partial charge on any atom is 0.341 e. The molecule has 0 spiro atoms. The highest BCUT2D eigenvalue weighted by atomic mass is 16.4. The second kappa shape index (κ2) is 3.49. The van der Waals surface area contributed by atoms with Crippen molar-refractivity contribution in [1.29, 1.82) is 0 Å². The predicted molar refractivity (Wildman–Crippen MR) is 49.2 cm³/mol. The fraction of sp³-hybridized carbons (Fsp3) is 0.375. The third kappa shape index (κ3) is 1.73. The van der Waals surface area contributed by atoms with Crippen LogP contribution in [0.4, 0.5) is 5.82 Å². The highest BCUT2D eigenvalue weighted by Crippen LogP contribution is 2.18. The Hall–Kier alpha value is -1.85. The van der Waals surface area contributed by atoms with Crippen LogP contribution in [-0.2, 0) is 11.8 Å². The Morgan fingerprint density at radius 3 is 2.50 bits per heavy atom. The molecule has 1 aromatic heterocycles. The number of carboxylic acid groups (broad SMARTS) is 1. The van der Waals surface area contributed by atoms with Crippen LogP contribution in [0.5, 0.6) is 0 Å². The van der Waals surface area contributed by atoms with Crippen LogP contribution in [0, 0.1) is 6.92 Å². The number of nitrogens with zero attached hydrogens (tertiary/aromatic N) is 2. The van der Waals surface area contributed by atoms with Gasteiger partial charge in [0.1, 0.15) is 11.4 Å². The molecule has 0 aliphatic rings. The molecule has 0 bridgehead atoms. The Kier molecular flexibility index (Phi) is 2.55. The van der Waals surface area contributed by atoms with Gasteiger partial charge in [0.25, 0.3) is 0 Å². The van der Waals surface area contributed by atoms with Crippen molar-refractivity contribution in [2.75, 3.05) is 5.32 Å². The summed E-state index contributed by atoms with van der Waals surface area (Å²) in [4.78, 5) is 21.6. The Bertz CT molecular complexity index is 395. The molecule has 1 heterocycles. The largest absolute Gasteiger partial charge is 0.477 e. The topological polar surface area (TPSA) is 84.2 Å². The summed E-state index contributed by atoms with van der Waals surface area (Å²) in [5, 5.41) is 15.2. The fourth-order valence-electron chi connectivity index (χ4n) is 1.22. The minimum absolute atomic E-state index is 0.0303. The van der Waals surface area contributed by atoms with Gasteiger partial charge in [-0.05, 0) is 6.92 Å². The first kappa shape index (κ1) is 10.2. The molecular weight excluding hydrogens is 186 g/mol. The van der Waals surface area contributed by atoms with Crippen molar-refractivity contribution in [1.82, 2.24) is 9.78 Å². The lowest BCUT2D eigenvalue weighted by Gasteiger charge is -2.02. The van der Waals surface area contributed by atoms with E-state index in [0.29, 0.717) is 5.69 Å². The summed E-state index contributed by atoms with van der Waals surface area (Å²) in [6.07, 6.45) is 0. The minimum Gasteiger partial charge on any atom is -0.477 e. The Labute approximate surface area is 80.5 Å².